The van der Waals surface area contributed by atoms with Gasteiger partial charge in [0.25, 0.3) is 0 Å². The van der Waals surface area contributed by atoms with Crippen LogP contribution in [0.2, 0.25) is 0 Å². The molecule has 2 aromatic carbocycles. The van der Waals surface area contributed by atoms with Crippen molar-refractivity contribution in [3.05, 3.63) is 65.3 Å². The second-order valence-electron chi connectivity index (χ2n) is 6.25. The van der Waals surface area contributed by atoms with Crippen molar-refractivity contribution in [2.75, 3.05) is 5.32 Å². The first-order valence-electron chi connectivity index (χ1n) is 8.54. The summed E-state index contributed by atoms with van der Waals surface area (Å²) in [4.78, 5) is 9.77. The Morgan fingerprint density at radius 3 is 2.65 bits per heavy atom. The normalized spacial score (nSPS) is 11.0. The van der Waals surface area contributed by atoms with E-state index in [9.17, 15) is 5.11 Å². The molecule has 2 N–H and O–H groups in total. The zero-order chi connectivity index (χ0) is 18.1. The Morgan fingerprint density at radius 1 is 1.08 bits per heavy atom. The van der Waals surface area contributed by atoms with Crippen LogP contribution in [0.5, 0.6) is 5.75 Å². The van der Waals surface area contributed by atoms with E-state index in [1.54, 1.807) is 23.7 Å². The Balaban J connectivity index is 1.82. The third-order valence-electron chi connectivity index (χ3n) is 4.45. The van der Waals surface area contributed by atoms with Crippen molar-refractivity contribution in [1.82, 2.24) is 9.97 Å². The van der Waals surface area contributed by atoms with E-state index >= 15 is 0 Å². The molecule has 0 bridgehead atoms. The largest absolute Gasteiger partial charge is 0.506 e. The van der Waals surface area contributed by atoms with Crippen LogP contribution >= 0.6 is 11.3 Å². The topological polar surface area (TPSA) is 58.0 Å². The van der Waals surface area contributed by atoms with E-state index in [4.69, 9.17) is 0 Å². The molecule has 5 heteroatoms. The molecule has 2 heterocycles. The highest BCUT2D eigenvalue weighted by Crippen LogP contribution is 2.38. The molecule has 0 radical (unpaired) electrons. The van der Waals surface area contributed by atoms with Gasteiger partial charge in [0.15, 0.2) is 0 Å². The highest BCUT2D eigenvalue weighted by atomic mass is 32.1. The predicted octanol–water partition coefficient (Wildman–Crippen LogP) is 5.68. The molecule has 0 amide bonds. The number of benzene rings is 2. The van der Waals surface area contributed by atoms with Crippen LogP contribution in [0.15, 0.2) is 54.2 Å². The van der Waals surface area contributed by atoms with Gasteiger partial charge >= 0.3 is 0 Å². The molecule has 0 aliphatic rings. The Morgan fingerprint density at radius 2 is 1.88 bits per heavy atom. The van der Waals surface area contributed by atoms with E-state index in [0.29, 0.717) is 11.5 Å². The molecule has 0 unspecified atom stereocenters. The summed E-state index contributed by atoms with van der Waals surface area (Å²) in [6, 6.07) is 14.1. The van der Waals surface area contributed by atoms with Crippen LogP contribution in [-0.4, -0.2) is 15.1 Å². The summed E-state index contributed by atoms with van der Waals surface area (Å²) < 4.78 is 0. The van der Waals surface area contributed by atoms with Crippen LogP contribution in [0.3, 0.4) is 0 Å². The smallest absolute Gasteiger partial charge is 0.143 e. The minimum Gasteiger partial charge on any atom is -0.506 e. The average molecular weight is 361 g/mol. The number of nitrogens with one attached hydrogen (secondary N) is 1. The quantitative estimate of drug-likeness (QED) is 0.459. The average Bonchev–Trinajstić information content (AvgIpc) is 3.10. The van der Waals surface area contributed by atoms with E-state index < -0.39 is 0 Å². The maximum Gasteiger partial charge on any atom is 0.143 e. The molecule has 4 aromatic rings. The van der Waals surface area contributed by atoms with Gasteiger partial charge in [-0.3, -0.25) is 0 Å². The number of rotatable bonds is 4. The van der Waals surface area contributed by atoms with Crippen molar-refractivity contribution in [2.45, 2.75) is 20.3 Å². The lowest BCUT2D eigenvalue weighted by Gasteiger charge is -2.11. The second kappa shape index (κ2) is 6.77. The molecule has 0 fully saturated rings. The second-order valence-corrected chi connectivity index (χ2v) is 7.11. The van der Waals surface area contributed by atoms with Gasteiger partial charge in [0.1, 0.15) is 22.7 Å². The van der Waals surface area contributed by atoms with Gasteiger partial charge in [-0.05, 0) is 42.2 Å². The first-order valence-corrected chi connectivity index (χ1v) is 9.42. The SMILES string of the molecule is CCc1ccc(-c2csc3ncnc(Nc4cc(C)ccc4O)c23)cc1. The van der Waals surface area contributed by atoms with Crippen LogP contribution in [-0.2, 0) is 6.42 Å². The summed E-state index contributed by atoms with van der Waals surface area (Å²) in [5, 5.41) is 16.5. The van der Waals surface area contributed by atoms with E-state index in [0.717, 1.165) is 33.3 Å². The van der Waals surface area contributed by atoms with E-state index in [1.165, 1.54) is 5.56 Å². The van der Waals surface area contributed by atoms with Gasteiger partial charge in [0, 0.05) is 10.9 Å². The molecule has 0 spiro atoms. The molecule has 0 saturated heterocycles. The standard InChI is InChI=1S/C21H19N3OS/c1-3-14-5-7-15(8-6-14)16-11-26-21-19(16)20(22-12-23-21)24-17-10-13(2)4-9-18(17)25/h4-12,25H,3H2,1-2H3,(H,22,23,24). The van der Waals surface area contributed by atoms with Gasteiger partial charge in [-0.25, -0.2) is 9.97 Å². The van der Waals surface area contributed by atoms with Gasteiger partial charge in [-0.1, -0.05) is 37.3 Å². The van der Waals surface area contributed by atoms with Crippen molar-refractivity contribution in [2.24, 2.45) is 0 Å². The highest BCUT2D eigenvalue weighted by molar-refractivity contribution is 7.17. The summed E-state index contributed by atoms with van der Waals surface area (Å²) in [5.41, 5.74) is 5.26. The maximum absolute atomic E-state index is 10.2. The molecule has 0 saturated carbocycles. The van der Waals surface area contributed by atoms with Crippen molar-refractivity contribution in [3.63, 3.8) is 0 Å². The fourth-order valence-corrected chi connectivity index (χ4v) is 3.90. The van der Waals surface area contributed by atoms with E-state index in [-0.39, 0.29) is 5.75 Å². The molecule has 0 aliphatic heterocycles. The molecule has 2 aromatic heterocycles. The van der Waals surface area contributed by atoms with Crippen molar-refractivity contribution < 1.29 is 5.11 Å². The zero-order valence-corrected chi connectivity index (χ0v) is 15.5. The van der Waals surface area contributed by atoms with Crippen LogP contribution in [0.4, 0.5) is 11.5 Å². The van der Waals surface area contributed by atoms with Crippen molar-refractivity contribution in [1.29, 1.82) is 0 Å². The number of fused-ring (bicyclic) bond motifs is 1. The summed E-state index contributed by atoms with van der Waals surface area (Å²) in [6.07, 6.45) is 2.57. The number of nitrogens with zero attached hydrogens (tertiary/aromatic N) is 2. The number of hydrogen-bond donors (Lipinski definition) is 2. The van der Waals surface area contributed by atoms with Crippen LogP contribution in [0.25, 0.3) is 21.3 Å². The fraction of sp³-hybridized carbons (Fsp3) is 0.143. The monoisotopic (exact) mass is 361 g/mol. The summed E-state index contributed by atoms with van der Waals surface area (Å²) >= 11 is 1.60. The zero-order valence-electron chi connectivity index (χ0n) is 14.7. The first kappa shape index (κ1) is 16.5. The Labute approximate surface area is 156 Å². The van der Waals surface area contributed by atoms with Gasteiger partial charge < -0.3 is 10.4 Å². The van der Waals surface area contributed by atoms with E-state index in [1.807, 2.05) is 19.1 Å². The number of aromatic hydroxyl groups is 1. The molecule has 4 nitrogen and oxygen atoms in total. The summed E-state index contributed by atoms with van der Waals surface area (Å²) in [5.74, 6) is 0.901. The van der Waals surface area contributed by atoms with Gasteiger partial charge in [-0.15, -0.1) is 11.3 Å². The maximum atomic E-state index is 10.2. The molecule has 4 rings (SSSR count). The molecule has 26 heavy (non-hydrogen) atoms. The number of thiophene rings is 1. The van der Waals surface area contributed by atoms with Gasteiger partial charge in [-0.2, -0.15) is 0 Å². The van der Waals surface area contributed by atoms with Crippen molar-refractivity contribution in [3.8, 4) is 16.9 Å². The molecule has 130 valence electrons. The Bertz CT molecular complexity index is 1070. The van der Waals surface area contributed by atoms with Crippen LogP contribution in [0.1, 0.15) is 18.1 Å². The Hall–Kier alpha value is -2.92. The minimum absolute atomic E-state index is 0.200. The number of aromatic nitrogens is 2. The summed E-state index contributed by atoms with van der Waals surface area (Å²) in [7, 11) is 0. The van der Waals surface area contributed by atoms with Crippen molar-refractivity contribution >= 4 is 33.1 Å². The third kappa shape index (κ3) is 3.02. The number of phenolic OH excluding ortho intramolecular Hbond substituents is 1. The van der Waals surface area contributed by atoms with Crippen LogP contribution < -0.4 is 5.32 Å². The minimum atomic E-state index is 0.200. The predicted molar refractivity (Wildman–Crippen MR) is 108 cm³/mol. The molecular formula is C21H19N3OS. The first-order chi connectivity index (χ1) is 12.7. The van der Waals surface area contributed by atoms with Gasteiger partial charge in [0.2, 0.25) is 0 Å². The molecular weight excluding hydrogens is 342 g/mol. The number of anilines is 2. The third-order valence-corrected chi connectivity index (χ3v) is 5.33. The molecule has 0 aliphatic carbocycles. The lowest BCUT2D eigenvalue weighted by Crippen LogP contribution is -1.96. The fourth-order valence-electron chi connectivity index (χ4n) is 2.98. The molecule has 0 atom stereocenters. The summed E-state index contributed by atoms with van der Waals surface area (Å²) in [6.45, 7) is 4.14. The lowest BCUT2D eigenvalue weighted by molar-refractivity contribution is 0.477. The number of phenols is 1. The van der Waals surface area contributed by atoms with Crippen LogP contribution in [0, 0.1) is 6.92 Å². The van der Waals surface area contributed by atoms with E-state index in [2.05, 4.69) is 51.9 Å². The number of hydrogen-bond acceptors (Lipinski definition) is 5. The lowest BCUT2D eigenvalue weighted by atomic mass is 10.0. The number of aryl methyl sites for hydroxylation is 2. The Kier molecular flexibility index (Phi) is 4.31. The highest BCUT2D eigenvalue weighted by Gasteiger charge is 2.14. The van der Waals surface area contributed by atoms with Gasteiger partial charge in [0.05, 0.1) is 11.1 Å².